The van der Waals surface area contributed by atoms with Gasteiger partial charge in [-0.1, -0.05) is 51.0 Å². The van der Waals surface area contributed by atoms with Gasteiger partial charge in [-0.25, -0.2) is 4.98 Å². The molecule has 0 aliphatic rings. The predicted octanol–water partition coefficient (Wildman–Crippen LogP) is 3.13. The van der Waals surface area contributed by atoms with Gasteiger partial charge in [0.1, 0.15) is 5.15 Å². The van der Waals surface area contributed by atoms with Gasteiger partial charge in [0.2, 0.25) is 0 Å². The Labute approximate surface area is 89.2 Å². The summed E-state index contributed by atoms with van der Waals surface area (Å²) < 4.78 is 0. The first-order valence-corrected chi connectivity index (χ1v) is 4.97. The molecule has 4 heteroatoms. The molecule has 0 saturated carbocycles. The third kappa shape index (κ3) is 2.67. The van der Waals surface area contributed by atoms with E-state index in [1.807, 2.05) is 0 Å². The molecule has 1 aromatic heterocycles. The lowest BCUT2D eigenvalue weighted by molar-refractivity contribution is 1.31. The average Bonchev–Trinajstić information content (AvgIpc) is 2.07. The van der Waals surface area contributed by atoms with Gasteiger partial charge in [-0.2, -0.15) is 0 Å². The van der Waals surface area contributed by atoms with Crippen molar-refractivity contribution in [3.63, 3.8) is 0 Å². The second kappa shape index (κ2) is 4.71. The van der Waals surface area contributed by atoms with Crippen LogP contribution < -0.4 is 0 Å². The van der Waals surface area contributed by atoms with Crippen LogP contribution in [0.1, 0.15) is 5.56 Å². The highest BCUT2D eigenvalue weighted by Gasteiger charge is 1.98. The monoisotopic (exact) mass is 263 g/mol. The molecule has 0 fully saturated rings. The van der Waals surface area contributed by atoms with Crippen molar-refractivity contribution in [2.45, 2.75) is 0 Å². The second-order valence-corrected chi connectivity index (χ2v) is 3.28. The summed E-state index contributed by atoms with van der Waals surface area (Å²) in [6, 6.07) is 1.69. The van der Waals surface area contributed by atoms with Crippen LogP contribution in [0.25, 0.3) is 0 Å². The highest BCUT2D eigenvalue weighted by atomic mass is 79.9. The number of alkyl halides is 1. The Morgan fingerprint density at radius 2 is 2.25 bits per heavy atom. The molecular weight excluding hydrogens is 261 g/mol. The highest BCUT2D eigenvalue weighted by Crippen LogP contribution is 2.16. The van der Waals surface area contributed by atoms with Crippen molar-refractivity contribution in [2.24, 2.45) is 0 Å². The summed E-state index contributed by atoms with van der Waals surface area (Å²) in [6.07, 6.45) is 1.49. The van der Waals surface area contributed by atoms with E-state index in [0.29, 0.717) is 21.1 Å². The quantitative estimate of drug-likeness (QED) is 0.399. The van der Waals surface area contributed by atoms with E-state index in [0.717, 1.165) is 0 Å². The normalized spacial score (nSPS) is 8.92. The van der Waals surface area contributed by atoms with Crippen LogP contribution in [-0.2, 0) is 0 Å². The Hall–Kier alpha value is -0.230. The van der Waals surface area contributed by atoms with Crippen LogP contribution in [-0.4, -0.2) is 10.3 Å². The number of hydrogen-bond acceptors (Lipinski definition) is 1. The molecule has 1 rings (SSSR count). The van der Waals surface area contributed by atoms with Crippen LogP contribution >= 0.6 is 39.1 Å². The maximum Gasteiger partial charge on any atom is 0.144 e. The van der Waals surface area contributed by atoms with Crippen molar-refractivity contribution in [1.29, 1.82) is 0 Å². The Kier molecular flexibility index (Phi) is 3.87. The van der Waals surface area contributed by atoms with Crippen LogP contribution in [0, 0.1) is 11.8 Å². The molecule has 1 nitrogen and oxygen atoms in total. The molecule has 0 atom stereocenters. The van der Waals surface area contributed by atoms with Gasteiger partial charge in [-0.05, 0) is 6.07 Å². The average molecular weight is 265 g/mol. The molecule has 0 saturated heterocycles. The van der Waals surface area contributed by atoms with Gasteiger partial charge < -0.3 is 0 Å². The standard InChI is InChI=1S/C8H4BrCl2N/c9-3-1-2-6-4-7(10)5-12-8(6)11/h4-5H,3H2. The Morgan fingerprint density at radius 1 is 1.50 bits per heavy atom. The molecule has 1 aromatic rings. The summed E-state index contributed by atoms with van der Waals surface area (Å²) in [7, 11) is 0. The topological polar surface area (TPSA) is 12.9 Å². The van der Waals surface area contributed by atoms with Gasteiger partial charge in [0.15, 0.2) is 0 Å². The maximum absolute atomic E-state index is 5.74. The first-order valence-electron chi connectivity index (χ1n) is 3.10. The Morgan fingerprint density at radius 3 is 2.92 bits per heavy atom. The molecule has 1 heterocycles. The third-order valence-electron chi connectivity index (χ3n) is 1.10. The molecule has 0 aliphatic heterocycles. The second-order valence-electron chi connectivity index (χ2n) is 1.93. The number of nitrogens with zero attached hydrogens (tertiary/aromatic N) is 1. The molecule has 0 radical (unpaired) electrons. The zero-order chi connectivity index (χ0) is 8.97. The van der Waals surface area contributed by atoms with Gasteiger partial charge in [0, 0.05) is 6.20 Å². The van der Waals surface area contributed by atoms with Crippen LogP contribution in [0.15, 0.2) is 12.3 Å². The van der Waals surface area contributed by atoms with Crippen molar-refractivity contribution in [2.75, 3.05) is 5.33 Å². The van der Waals surface area contributed by atoms with E-state index in [1.165, 1.54) is 6.20 Å². The SMILES string of the molecule is Clc1cnc(Cl)c(C#CCBr)c1. The van der Waals surface area contributed by atoms with Crippen molar-refractivity contribution >= 4 is 39.1 Å². The van der Waals surface area contributed by atoms with E-state index in [4.69, 9.17) is 23.2 Å². The lowest BCUT2D eigenvalue weighted by Crippen LogP contribution is -1.81. The smallest absolute Gasteiger partial charge is 0.144 e. The first kappa shape index (κ1) is 9.85. The van der Waals surface area contributed by atoms with Crippen LogP contribution in [0.5, 0.6) is 0 Å². The summed E-state index contributed by atoms with van der Waals surface area (Å²) in [5.74, 6) is 5.64. The lowest BCUT2D eigenvalue weighted by atomic mass is 10.3. The maximum atomic E-state index is 5.74. The van der Waals surface area contributed by atoms with Crippen LogP contribution in [0.4, 0.5) is 0 Å². The zero-order valence-corrected chi connectivity index (χ0v) is 9.04. The highest BCUT2D eigenvalue weighted by molar-refractivity contribution is 9.09. The van der Waals surface area contributed by atoms with E-state index in [9.17, 15) is 0 Å². The molecule has 62 valence electrons. The van der Waals surface area contributed by atoms with Gasteiger partial charge in [-0.15, -0.1) is 0 Å². The number of rotatable bonds is 0. The minimum Gasteiger partial charge on any atom is -0.242 e. The fraction of sp³-hybridized carbons (Fsp3) is 0.125. The third-order valence-corrected chi connectivity index (χ3v) is 1.88. The largest absolute Gasteiger partial charge is 0.242 e. The van der Waals surface area contributed by atoms with Gasteiger partial charge in [0.25, 0.3) is 0 Å². The minimum atomic E-state index is 0.382. The van der Waals surface area contributed by atoms with Gasteiger partial charge in [-0.3, -0.25) is 0 Å². The summed E-state index contributed by atoms with van der Waals surface area (Å²) in [5, 5.41) is 1.53. The predicted molar refractivity (Wildman–Crippen MR) is 54.9 cm³/mol. The molecule has 0 bridgehead atoms. The van der Waals surface area contributed by atoms with Gasteiger partial charge in [0.05, 0.1) is 15.9 Å². The van der Waals surface area contributed by atoms with Crippen LogP contribution in [0.3, 0.4) is 0 Å². The molecule has 0 aliphatic carbocycles. The van der Waals surface area contributed by atoms with Crippen molar-refractivity contribution in [1.82, 2.24) is 4.98 Å². The summed E-state index contributed by atoms with van der Waals surface area (Å²) in [4.78, 5) is 3.85. The number of aromatic nitrogens is 1. The van der Waals surface area contributed by atoms with E-state index in [-0.39, 0.29) is 0 Å². The molecule has 0 spiro atoms. The van der Waals surface area contributed by atoms with Crippen molar-refractivity contribution < 1.29 is 0 Å². The molecular formula is C8H4BrCl2N. The van der Waals surface area contributed by atoms with E-state index < -0.39 is 0 Å². The Balaban J connectivity index is 3.05. The van der Waals surface area contributed by atoms with Crippen molar-refractivity contribution in [3.8, 4) is 11.8 Å². The first-order chi connectivity index (χ1) is 5.74. The molecule has 0 amide bonds. The number of halogens is 3. The summed E-state index contributed by atoms with van der Waals surface area (Å²) >= 11 is 14.6. The fourth-order valence-electron chi connectivity index (χ4n) is 0.639. The summed E-state index contributed by atoms with van der Waals surface area (Å²) in [6.45, 7) is 0. The number of pyridine rings is 1. The fourth-order valence-corrected chi connectivity index (χ4v) is 1.09. The molecule has 12 heavy (non-hydrogen) atoms. The number of hydrogen-bond donors (Lipinski definition) is 0. The van der Waals surface area contributed by atoms with E-state index in [1.54, 1.807) is 6.07 Å². The molecule has 0 N–H and O–H groups in total. The Bertz CT molecular complexity index is 341. The molecule has 0 unspecified atom stereocenters. The van der Waals surface area contributed by atoms with Crippen molar-refractivity contribution in [3.05, 3.63) is 28.0 Å². The zero-order valence-electron chi connectivity index (χ0n) is 5.94. The summed E-state index contributed by atoms with van der Waals surface area (Å²) in [5.41, 5.74) is 0.656. The van der Waals surface area contributed by atoms with E-state index >= 15 is 0 Å². The van der Waals surface area contributed by atoms with Crippen LogP contribution in [0.2, 0.25) is 10.2 Å². The minimum absolute atomic E-state index is 0.382. The molecule has 0 aromatic carbocycles. The van der Waals surface area contributed by atoms with E-state index in [2.05, 4.69) is 32.8 Å². The van der Waals surface area contributed by atoms with Gasteiger partial charge >= 0.3 is 0 Å². The lowest BCUT2D eigenvalue weighted by Gasteiger charge is -1.94.